The number of hydrogen-bond donors (Lipinski definition) is 0. The largest absolute Gasteiger partial charge is 0.486 e. The van der Waals surface area contributed by atoms with Gasteiger partial charge in [0.1, 0.15) is 23.9 Å². The number of aromatic nitrogens is 2. The van der Waals surface area contributed by atoms with Gasteiger partial charge in [-0.3, -0.25) is 4.79 Å². The summed E-state index contributed by atoms with van der Waals surface area (Å²) in [5.74, 6) is 0.0112. The van der Waals surface area contributed by atoms with E-state index in [1.165, 1.54) is 4.68 Å². The molecule has 0 bridgehead atoms. The molecule has 4 rings (SSSR count). The Morgan fingerprint density at radius 1 is 1.10 bits per heavy atom. The summed E-state index contributed by atoms with van der Waals surface area (Å²) in [7, 11) is 0. The van der Waals surface area contributed by atoms with Crippen LogP contribution in [-0.2, 0) is 4.74 Å². The number of hydrogen-bond acceptors (Lipinski definition) is 6. The van der Waals surface area contributed by atoms with Gasteiger partial charge < -0.3 is 14.2 Å². The first-order chi connectivity index (χ1) is 14.0. The smallest absolute Gasteiger partial charge is 0.343 e. The van der Waals surface area contributed by atoms with E-state index in [4.69, 9.17) is 25.8 Å². The number of rotatable bonds is 5. The molecule has 0 radical (unpaired) electrons. The Balaban J connectivity index is 1.48. The van der Waals surface area contributed by atoms with Crippen LogP contribution < -0.4 is 9.47 Å². The predicted molar refractivity (Wildman–Crippen MR) is 105 cm³/mol. The number of esters is 1. The maximum Gasteiger partial charge on any atom is 0.343 e. The lowest BCUT2D eigenvalue weighted by atomic mass is 10.1. The fraction of sp³-hybridized carbons (Fsp3) is 0.190. The first-order valence-electron chi connectivity index (χ1n) is 8.95. The molecule has 2 aromatic carbocycles. The Kier molecular flexibility index (Phi) is 5.22. The van der Waals surface area contributed by atoms with Crippen molar-refractivity contribution in [2.45, 2.75) is 6.92 Å². The molecule has 0 amide bonds. The van der Waals surface area contributed by atoms with Crippen molar-refractivity contribution in [1.82, 2.24) is 9.78 Å². The van der Waals surface area contributed by atoms with Crippen LogP contribution in [0.3, 0.4) is 0 Å². The van der Waals surface area contributed by atoms with Crippen molar-refractivity contribution in [3.05, 3.63) is 70.5 Å². The van der Waals surface area contributed by atoms with E-state index in [1.807, 2.05) is 30.3 Å². The summed E-state index contributed by atoms with van der Waals surface area (Å²) in [5, 5.41) is 4.43. The lowest BCUT2D eigenvalue weighted by Crippen LogP contribution is -2.17. The standard InChI is InChI=1S/C21H17ClN2O5/c1-13-19(20(22)24(23-13)15-5-3-2-4-6-15)21(26)29-12-16(25)14-7-8-17-18(11-14)28-10-9-27-17/h2-8,11H,9-10,12H2,1H3. The van der Waals surface area contributed by atoms with Gasteiger partial charge in [-0.2, -0.15) is 5.10 Å². The van der Waals surface area contributed by atoms with Crippen LogP contribution >= 0.6 is 11.6 Å². The molecule has 1 aliphatic heterocycles. The summed E-state index contributed by atoms with van der Waals surface area (Å²) in [6.45, 7) is 2.12. The molecule has 0 N–H and O–H groups in total. The van der Waals surface area contributed by atoms with Crippen molar-refractivity contribution in [1.29, 1.82) is 0 Å². The van der Waals surface area contributed by atoms with Gasteiger partial charge in [-0.1, -0.05) is 29.8 Å². The van der Waals surface area contributed by atoms with Crippen LogP contribution in [0.4, 0.5) is 0 Å². The molecule has 0 saturated heterocycles. The summed E-state index contributed by atoms with van der Waals surface area (Å²) < 4.78 is 17.6. The first-order valence-corrected chi connectivity index (χ1v) is 9.33. The van der Waals surface area contributed by atoms with Crippen molar-refractivity contribution in [3.8, 4) is 17.2 Å². The third kappa shape index (κ3) is 3.82. The fourth-order valence-electron chi connectivity index (χ4n) is 2.97. The Labute approximate surface area is 171 Å². The zero-order valence-electron chi connectivity index (χ0n) is 15.6. The predicted octanol–water partition coefficient (Wildman–Crippen LogP) is 3.65. The van der Waals surface area contributed by atoms with Crippen LogP contribution in [0.25, 0.3) is 5.69 Å². The quantitative estimate of drug-likeness (QED) is 0.470. The minimum Gasteiger partial charge on any atom is -0.486 e. The van der Waals surface area contributed by atoms with Crippen molar-refractivity contribution in [2.75, 3.05) is 19.8 Å². The van der Waals surface area contributed by atoms with Crippen molar-refractivity contribution in [2.24, 2.45) is 0 Å². The summed E-state index contributed by atoms with van der Waals surface area (Å²) in [4.78, 5) is 25.0. The molecule has 0 atom stereocenters. The molecular formula is C21H17ClN2O5. The number of carbonyl (C=O) groups is 2. The number of Topliss-reactive ketones (excluding diaryl/α,β-unsaturated/α-hetero) is 1. The molecule has 3 aromatic rings. The second-order valence-corrected chi connectivity index (χ2v) is 6.71. The van der Waals surface area contributed by atoms with Gasteiger partial charge in [-0.25, -0.2) is 9.48 Å². The minimum atomic E-state index is -0.708. The van der Waals surface area contributed by atoms with E-state index in [9.17, 15) is 9.59 Å². The molecule has 0 aliphatic carbocycles. The van der Waals surface area contributed by atoms with Gasteiger partial charge in [0.2, 0.25) is 0 Å². The molecule has 0 spiro atoms. The SMILES string of the molecule is Cc1nn(-c2ccccc2)c(Cl)c1C(=O)OCC(=O)c1ccc2c(c1)OCCO2. The molecule has 0 fully saturated rings. The monoisotopic (exact) mass is 412 g/mol. The van der Waals surface area contributed by atoms with E-state index in [0.717, 1.165) is 0 Å². The number of ketones is 1. The topological polar surface area (TPSA) is 79.7 Å². The third-order valence-electron chi connectivity index (χ3n) is 4.41. The fourth-order valence-corrected chi connectivity index (χ4v) is 3.32. The number of ether oxygens (including phenoxy) is 3. The average Bonchev–Trinajstić information content (AvgIpc) is 3.06. The number of carbonyl (C=O) groups excluding carboxylic acids is 2. The second-order valence-electron chi connectivity index (χ2n) is 6.36. The van der Waals surface area contributed by atoms with E-state index in [-0.39, 0.29) is 16.5 Å². The number of halogens is 1. The Hall–Kier alpha value is -3.32. The lowest BCUT2D eigenvalue weighted by Gasteiger charge is -2.18. The molecular weight excluding hydrogens is 396 g/mol. The molecule has 29 heavy (non-hydrogen) atoms. The van der Waals surface area contributed by atoms with Gasteiger partial charge in [0.25, 0.3) is 0 Å². The maximum absolute atomic E-state index is 12.5. The summed E-state index contributed by atoms with van der Waals surface area (Å²) in [6.07, 6.45) is 0. The summed E-state index contributed by atoms with van der Waals surface area (Å²) in [5.41, 5.74) is 1.62. The van der Waals surface area contributed by atoms with Gasteiger partial charge in [0, 0.05) is 5.56 Å². The van der Waals surface area contributed by atoms with Gasteiger partial charge >= 0.3 is 5.97 Å². The van der Waals surface area contributed by atoms with Gasteiger partial charge in [-0.05, 0) is 37.3 Å². The molecule has 0 saturated carbocycles. The van der Waals surface area contributed by atoms with Crippen LogP contribution in [0.2, 0.25) is 5.15 Å². The highest BCUT2D eigenvalue weighted by atomic mass is 35.5. The zero-order chi connectivity index (χ0) is 20.4. The summed E-state index contributed by atoms with van der Waals surface area (Å²) in [6, 6.07) is 14.0. The van der Waals surface area contributed by atoms with Crippen LogP contribution in [-0.4, -0.2) is 41.4 Å². The van der Waals surface area contributed by atoms with Crippen LogP contribution in [0.1, 0.15) is 26.4 Å². The minimum absolute atomic E-state index is 0.130. The summed E-state index contributed by atoms with van der Waals surface area (Å²) >= 11 is 6.35. The Bertz CT molecular complexity index is 1080. The molecule has 148 valence electrons. The van der Waals surface area contributed by atoms with Gasteiger partial charge in [0.05, 0.1) is 11.4 Å². The van der Waals surface area contributed by atoms with Crippen LogP contribution in [0.5, 0.6) is 11.5 Å². The third-order valence-corrected chi connectivity index (χ3v) is 4.76. The van der Waals surface area contributed by atoms with Crippen LogP contribution in [0, 0.1) is 6.92 Å². The highest BCUT2D eigenvalue weighted by Gasteiger charge is 2.24. The zero-order valence-corrected chi connectivity index (χ0v) is 16.3. The highest BCUT2D eigenvalue weighted by molar-refractivity contribution is 6.33. The molecule has 0 unspecified atom stereocenters. The van der Waals surface area contributed by atoms with Gasteiger partial charge in [-0.15, -0.1) is 0 Å². The second kappa shape index (κ2) is 7.97. The Morgan fingerprint density at radius 3 is 2.59 bits per heavy atom. The number of nitrogens with zero attached hydrogens (tertiary/aromatic N) is 2. The number of para-hydroxylation sites is 1. The lowest BCUT2D eigenvalue weighted by molar-refractivity contribution is 0.0474. The van der Waals surface area contributed by atoms with E-state index in [1.54, 1.807) is 25.1 Å². The van der Waals surface area contributed by atoms with E-state index in [2.05, 4.69) is 5.10 Å². The van der Waals surface area contributed by atoms with E-state index < -0.39 is 12.6 Å². The molecule has 7 nitrogen and oxygen atoms in total. The van der Waals surface area contributed by atoms with Crippen molar-refractivity contribution >= 4 is 23.4 Å². The Morgan fingerprint density at radius 2 is 1.83 bits per heavy atom. The average molecular weight is 413 g/mol. The number of aryl methyl sites for hydroxylation is 1. The molecule has 1 aromatic heterocycles. The van der Waals surface area contributed by atoms with E-state index >= 15 is 0 Å². The van der Waals surface area contributed by atoms with Crippen molar-refractivity contribution in [3.63, 3.8) is 0 Å². The van der Waals surface area contributed by atoms with Crippen molar-refractivity contribution < 1.29 is 23.8 Å². The van der Waals surface area contributed by atoms with Gasteiger partial charge in [0.15, 0.2) is 23.9 Å². The molecule has 2 heterocycles. The molecule has 8 heteroatoms. The first kappa shape index (κ1) is 19.0. The number of benzene rings is 2. The normalized spacial score (nSPS) is 12.5. The highest BCUT2D eigenvalue weighted by Crippen LogP contribution is 2.31. The maximum atomic E-state index is 12.5. The van der Waals surface area contributed by atoms with E-state index in [0.29, 0.717) is 41.7 Å². The molecule has 1 aliphatic rings. The van der Waals surface area contributed by atoms with Crippen LogP contribution in [0.15, 0.2) is 48.5 Å². The number of fused-ring (bicyclic) bond motifs is 1.